The normalized spacial score (nSPS) is 10.8. The molecule has 2 aromatic carbocycles. The molecule has 24 heavy (non-hydrogen) atoms. The number of carbonyl (C=O) groups excluding carboxylic acids is 1. The number of benzene rings is 2. The predicted molar refractivity (Wildman–Crippen MR) is 95.7 cm³/mol. The molecule has 0 unspecified atom stereocenters. The predicted octanol–water partition coefficient (Wildman–Crippen LogP) is 2.02. The van der Waals surface area contributed by atoms with Crippen LogP contribution in [0.3, 0.4) is 0 Å². The smallest absolute Gasteiger partial charge is 0.280 e. The number of hydrogen-bond acceptors (Lipinski definition) is 5. The van der Waals surface area contributed by atoms with Crippen LogP contribution in [-0.2, 0) is 4.79 Å². The quantitative estimate of drug-likeness (QED) is 0.379. The van der Waals surface area contributed by atoms with Gasteiger partial charge in [-0.1, -0.05) is 36.4 Å². The van der Waals surface area contributed by atoms with Gasteiger partial charge >= 0.3 is 0 Å². The highest BCUT2D eigenvalue weighted by Gasteiger charge is 2.19. The van der Waals surface area contributed by atoms with Crippen molar-refractivity contribution in [3.8, 4) is 0 Å². The summed E-state index contributed by atoms with van der Waals surface area (Å²) in [5.74, 6) is -1.19. The number of halogens is 1. The third kappa shape index (κ3) is 4.68. The summed E-state index contributed by atoms with van der Waals surface area (Å²) in [4.78, 5) is 12.2. The van der Waals surface area contributed by atoms with Crippen molar-refractivity contribution in [1.29, 1.82) is 5.41 Å². The zero-order valence-electron chi connectivity index (χ0n) is 12.4. The third-order valence-electron chi connectivity index (χ3n) is 2.87. The van der Waals surface area contributed by atoms with Crippen LogP contribution in [0.4, 0.5) is 10.1 Å². The van der Waals surface area contributed by atoms with Crippen LogP contribution in [0.15, 0.2) is 59.7 Å². The Hall–Kier alpha value is -3.13. The number of anilines is 1. The van der Waals surface area contributed by atoms with E-state index in [4.69, 9.17) is 11.1 Å². The molecule has 0 aliphatic carbocycles. The first-order valence-corrected chi connectivity index (χ1v) is 7.22. The van der Waals surface area contributed by atoms with Gasteiger partial charge in [0.2, 0.25) is 0 Å². The second-order valence-electron chi connectivity index (χ2n) is 4.64. The average molecular weight is 343 g/mol. The minimum atomic E-state index is -0.736. The van der Waals surface area contributed by atoms with Gasteiger partial charge in [0.15, 0.2) is 10.8 Å². The van der Waals surface area contributed by atoms with Gasteiger partial charge in [0.25, 0.3) is 5.91 Å². The van der Waals surface area contributed by atoms with Gasteiger partial charge in [0.1, 0.15) is 5.82 Å². The highest BCUT2D eigenvalue weighted by Crippen LogP contribution is 2.09. The molecule has 0 aliphatic heterocycles. The Bertz CT molecular complexity index is 807. The Morgan fingerprint density at radius 3 is 2.50 bits per heavy atom. The number of nitrogens with two attached hydrogens (primary N) is 1. The molecule has 0 aliphatic rings. The molecule has 0 radical (unpaired) electrons. The number of hydrogen-bond donors (Lipinski definition) is 4. The minimum absolute atomic E-state index is 0.131. The van der Waals surface area contributed by atoms with Gasteiger partial charge in [-0.05, 0) is 30.4 Å². The van der Waals surface area contributed by atoms with Crippen molar-refractivity contribution in [2.45, 2.75) is 0 Å². The summed E-state index contributed by atoms with van der Waals surface area (Å²) in [6.45, 7) is 0. The van der Waals surface area contributed by atoms with Gasteiger partial charge in [0.05, 0.1) is 11.4 Å². The van der Waals surface area contributed by atoms with E-state index in [1.54, 1.807) is 36.4 Å². The van der Waals surface area contributed by atoms with Gasteiger partial charge in [-0.2, -0.15) is 5.10 Å². The molecule has 2 rings (SSSR count). The number of amides is 1. The molecule has 0 fully saturated rings. The Morgan fingerprint density at radius 1 is 1.17 bits per heavy atom. The Balaban J connectivity index is 2.31. The van der Waals surface area contributed by atoms with E-state index in [0.717, 1.165) is 0 Å². The Labute approximate surface area is 143 Å². The number of nitrogens with zero attached hydrogens (tertiary/aromatic N) is 1. The summed E-state index contributed by atoms with van der Waals surface area (Å²) in [7, 11) is 0. The van der Waals surface area contributed by atoms with Crippen molar-refractivity contribution < 1.29 is 9.18 Å². The summed E-state index contributed by atoms with van der Waals surface area (Å²) < 4.78 is 13.2. The second-order valence-corrected chi connectivity index (χ2v) is 5.08. The second kappa shape index (κ2) is 7.93. The lowest BCUT2D eigenvalue weighted by Crippen LogP contribution is -2.42. The topological polar surface area (TPSA) is 103 Å². The SMILES string of the molecule is N=C(C(=NNc1cccc(F)c1)C(=O)NC(N)=S)c1ccccc1. The first-order chi connectivity index (χ1) is 11.5. The molecule has 6 nitrogen and oxygen atoms in total. The lowest BCUT2D eigenvalue weighted by Gasteiger charge is -2.09. The summed E-state index contributed by atoms with van der Waals surface area (Å²) in [5, 5.41) is 14.1. The van der Waals surface area contributed by atoms with E-state index in [1.807, 2.05) is 0 Å². The van der Waals surface area contributed by atoms with Crippen molar-refractivity contribution in [2.75, 3.05) is 5.43 Å². The van der Waals surface area contributed by atoms with Gasteiger partial charge in [-0.3, -0.25) is 20.9 Å². The van der Waals surface area contributed by atoms with E-state index >= 15 is 0 Å². The fourth-order valence-electron chi connectivity index (χ4n) is 1.81. The van der Waals surface area contributed by atoms with E-state index in [9.17, 15) is 9.18 Å². The molecule has 0 saturated carbocycles. The lowest BCUT2D eigenvalue weighted by atomic mass is 10.1. The summed E-state index contributed by atoms with van der Waals surface area (Å²) in [6.07, 6.45) is 0. The average Bonchev–Trinajstić information content (AvgIpc) is 2.55. The van der Waals surface area contributed by atoms with Crippen LogP contribution in [0.2, 0.25) is 0 Å². The van der Waals surface area contributed by atoms with Crippen LogP contribution in [0, 0.1) is 11.2 Å². The number of thiocarbonyl (C=S) groups is 1. The van der Waals surface area contributed by atoms with Crippen LogP contribution in [0.25, 0.3) is 0 Å². The first-order valence-electron chi connectivity index (χ1n) is 6.82. The molecular weight excluding hydrogens is 329 g/mol. The van der Waals surface area contributed by atoms with Crippen LogP contribution < -0.4 is 16.5 Å². The van der Waals surface area contributed by atoms with Gasteiger partial charge in [-0.25, -0.2) is 4.39 Å². The minimum Gasteiger partial charge on any atom is -0.376 e. The highest BCUT2D eigenvalue weighted by molar-refractivity contribution is 7.80. The summed E-state index contributed by atoms with van der Waals surface area (Å²) >= 11 is 4.64. The van der Waals surface area contributed by atoms with E-state index in [1.165, 1.54) is 18.2 Å². The maximum Gasteiger partial charge on any atom is 0.280 e. The standard InChI is InChI=1S/C16H14FN5OS/c17-11-7-4-8-12(9-11)21-22-14(15(23)20-16(19)24)13(18)10-5-2-1-3-6-10/h1-9,18,21H,(H3,19,20,23,24). The molecule has 5 N–H and O–H groups in total. The molecule has 0 aromatic heterocycles. The van der Waals surface area contributed by atoms with Crippen molar-refractivity contribution >= 4 is 40.3 Å². The molecule has 8 heteroatoms. The van der Waals surface area contributed by atoms with Crippen molar-refractivity contribution in [3.05, 3.63) is 66.0 Å². The van der Waals surface area contributed by atoms with Gasteiger partial charge < -0.3 is 5.73 Å². The summed E-state index contributed by atoms with van der Waals surface area (Å²) in [6, 6.07) is 14.1. The molecule has 1 amide bonds. The molecule has 0 heterocycles. The van der Waals surface area contributed by atoms with Gasteiger partial charge in [-0.15, -0.1) is 0 Å². The third-order valence-corrected chi connectivity index (χ3v) is 2.97. The van der Waals surface area contributed by atoms with Gasteiger partial charge in [0, 0.05) is 5.56 Å². The zero-order valence-corrected chi connectivity index (χ0v) is 13.2. The van der Waals surface area contributed by atoms with Crippen molar-refractivity contribution in [3.63, 3.8) is 0 Å². The Kier molecular flexibility index (Phi) is 5.69. The van der Waals surface area contributed by atoms with E-state index in [2.05, 4.69) is 28.1 Å². The number of carbonyl (C=O) groups is 1. The van der Waals surface area contributed by atoms with E-state index in [0.29, 0.717) is 11.3 Å². The molecule has 0 atom stereocenters. The lowest BCUT2D eigenvalue weighted by molar-refractivity contribution is -0.113. The Morgan fingerprint density at radius 2 is 1.88 bits per heavy atom. The zero-order chi connectivity index (χ0) is 17.5. The van der Waals surface area contributed by atoms with Crippen LogP contribution >= 0.6 is 12.2 Å². The van der Waals surface area contributed by atoms with Crippen molar-refractivity contribution in [1.82, 2.24) is 5.32 Å². The highest BCUT2D eigenvalue weighted by atomic mass is 32.1. The maximum atomic E-state index is 13.2. The molecule has 2 aromatic rings. The molecule has 0 spiro atoms. The molecule has 122 valence electrons. The van der Waals surface area contributed by atoms with Crippen LogP contribution in [0.5, 0.6) is 0 Å². The first kappa shape index (κ1) is 17.2. The molecule has 0 bridgehead atoms. The fourth-order valence-corrected chi connectivity index (χ4v) is 1.90. The van der Waals surface area contributed by atoms with Crippen molar-refractivity contribution in [2.24, 2.45) is 10.8 Å². The van der Waals surface area contributed by atoms with Crippen LogP contribution in [0.1, 0.15) is 5.56 Å². The molecular formula is C16H14FN5OS. The molecule has 0 saturated heterocycles. The number of hydrazone groups is 1. The largest absolute Gasteiger partial charge is 0.376 e. The monoisotopic (exact) mass is 343 g/mol. The fraction of sp³-hybridized carbons (Fsp3) is 0. The maximum absolute atomic E-state index is 13.2. The van der Waals surface area contributed by atoms with Crippen LogP contribution in [-0.4, -0.2) is 22.4 Å². The summed E-state index contributed by atoms with van der Waals surface area (Å²) in [5.41, 5.74) is 8.30. The number of nitrogens with one attached hydrogen (secondary N) is 3. The number of rotatable bonds is 5. The van der Waals surface area contributed by atoms with E-state index < -0.39 is 11.7 Å². The van der Waals surface area contributed by atoms with E-state index in [-0.39, 0.29) is 16.5 Å².